The minimum atomic E-state index is -0.417. The van der Waals surface area contributed by atoms with Crippen LogP contribution in [-0.2, 0) is 4.74 Å². The Balaban J connectivity index is 2.31. The van der Waals surface area contributed by atoms with Gasteiger partial charge in [-0.3, -0.25) is 5.10 Å². The SMILES string of the molecule is COC(=O)c1cc(-c2cc[nH]c2)n[nH]1. The number of H-pyrrole nitrogens is 2. The molecule has 0 bridgehead atoms. The van der Waals surface area contributed by atoms with Crippen molar-refractivity contribution in [3.05, 3.63) is 30.2 Å². The Bertz CT molecular complexity index is 431. The third kappa shape index (κ3) is 1.39. The van der Waals surface area contributed by atoms with Gasteiger partial charge in [0.15, 0.2) is 0 Å². The number of ether oxygens (including phenoxy) is 1. The van der Waals surface area contributed by atoms with Gasteiger partial charge in [0, 0.05) is 18.0 Å². The highest BCUT2D eigenvalue weighted by atomic mass is 16.5. The predicted molar refractivity (Wildman–Crippen MR) is 49.7 cm³/mol. The molecule has 0 saturated heterocycles. The lowest BCUT2D eigenvalue weighted by molar-refractivity contribution is 0.0594. The predicted octanol–water partition coefficient (Wildman–Crippen LogP) is 1.19. The largest absolute Gasteiger partial charge is 0.464 e. The Labute approximate surface area is 80.1 Å². The molecule has 2 aromatic heterocycles. The molecule has 0 saturated carbocycles. The van der Waals surface area contributed by atoms with Crippen LogP contribution in [0.3, 0.4) is 0 Å². The summed E-state index contributed by atoms with van der Waals surface area (Å²) in [6, 6.07) is 3.52. The third-order valence-corrected chi connectivity index (χ3v) is 1.88. The van der Waals surface area contributed by atoms with Crippen LogP contribution in [0.15, 0.2) is 24.5 Å². The molecule has 0 atom stereocenters. The van der Waals surface area contributed by atoms with Crippen molar-refractivity contribution in [1.29, 1.82) is 0 Å². The minimum absolute atomic E-state index is 0.351. The number of hydrogen-bond donors (Lipinski definition) is 2. The lowest BCUT2D eigenvalue weighted by Gasteiger charge is -1.90. The van der Waals surface area contributed by atoms with Crippen LogP contribution >= 0.6 is 0 Å². The maximum absolute atomic E-state index is 11.1. The number of nitrogens with one attached hydrogen (secondary N) is 2. The maximum atomic E-state index is 11.1. The van der Waals surface area contributed by atoms with E-state index in [0.717, 1.165) is 5.56 Å². The molecule has 0 aliphatic heterocycles. The fraction of sp³-hybridized carbons (Fsp3) is 0.111. The Morgan fingerprint density at radius 2 is 2.43 bits per heavy atom. The molecule has 72 valence electrons. The highest BCUT2D eigenvalue weighted by molar-refractivity contribution is 5.88. The van der Waals surface area contributed by atoms with Crippen molar-refractivity contribution in [3.63, 3.8) is 0 Å². The van der Waals surface area contributed by atoms with Gasteiger partial charge in [0.1, 0.15) is 5.69 Å². The molecule has 0 aromatic carbocycles. The van der Waals surface area contributed by atoms with Gasteiger partial charge in [-0.05, 0) is 12.1 Å². The molecule has 0 aliphatic carbocycles. The first-order valence-electron chi connectivity index (χ1n) is 4.08. The topological polar surface area (TPSA) is 70.8 Å². The van der Waals surface area contributed by atoms with Crippen LogP contribution in [0.1, 0.15) is 10.5 Å². The molecule has 0 fully saturated rings. The molecule has 2 heterocycles. The van der Waals surface area contributed by atoms with Crippen molar-refractivity contribution in [1.82, 2.24) is 15.2 Å². The van der Waals surface area contributed by atoms with E-state index in [1.54, 1.807) is 18.5 Å². The second-order valence-electron chi connectivity index (χ2n) is 2.76. The van der Waals surface area contributed by atoms with Crippen LogP contribution in [0.5, 0.6) is 0 Å². The number of aromatic nitrogens is 3. The summed E-state index contributed by atoms with van der Waals surface area (Å²) in [6.07, 6.45) is 3.60. The standard InChI is InChI=1S/C9H9N3O2/c1-14-9(13)8-4-7(11-12-8)6-2-3-10-5-6/h2-5,10H,1H3,(H,11,12). The molecular formula is C9H9N3O2. The van der Waals surface area contributed by atoms with Gasteiger partial charge in [-0.1, -0.05) is 0 Å². The number of carbonyl (C=O) groups is 1. The van der Waals surface area contributed by atoms with Crippen LogP contribution in [-0.4, -0.2) is 28.3 Å². The zero-order valence-corrected chi connectivity index (χ0v) is 7.57. The van der Waals surface area contributed by atoms with Crippen LogP contribution < -0.4 is 0 Å². The van der Waals surface area contributed by atoms with E-state index in [1.165, 1.54) is 7.11 Å². The quantitative estimate of drug-likeness (QED) is 0.700. The van der Waals surface area contributed by atoms with Gasteiger partial charge in [0.25, 0.3) is 0 Å². The molecule has 2 N–H and O–H groups in total. The molecule has 2 rings (SSSR count). The van der Waals surface area contributed by atoms with Gasteiger partial charge in [0.2, 0.25) is 0 Å². The summed E-state index contributed by atoms with van der Waals surface area (Å²) in [5.41, 5.74) is 1.99. The number of aromatic amines is 2. The zero-order valence-electron chi connectivity index (χ0n) is 7.57. The van der Waals surface area contributed by atoms with Gasteiger partial charge in [-0.2, -0.15) is 5.10 Å². The number of nitrogens with zero attached hydrogens (tertiary/aromatic N) is 1. The van der Waals surface area contributed by atoms with E-state index >= 15 is 0 Å². The van der Waals surface area contributed by atoms with Gasteiger partial charge in [0.05, 0.1) is 12.8 Å². The first-order chi connectivity index (χ1) is 6.81. The fourth-order valence-corrected chi connectivity index (χ4v) is 1.17. The average molecular weight is 191 g/mol. The minimum Gasteiger partial charge on any atom is -0.464 e. The van der Waals surface area contributed by atoms with Crippen molar-refractivity contribution in [2.75, 3.05) is 7.11 Å². The zero-order chi connectivity index (χ0) is 9.97. The highest BCUT2D eigenvalue weighted by Gasteiger charge is 2.10. The molecule has 0 spiro atoms. The molecule has 5 heteroatoms. The number of methoxy groups -OCH3 is 1. The second kappa shape index (κ2) is 3.37. The van der Waals surface area contributed by atoms with E-state index in [2.05, 4.69) is 19.9 Å². The number of carbonyl (C=O) groups excluding carboxylic acids is 1. The van der Waals surface area contributed by atoms with Crippen LogP contribution in [0.2, 0.25) is 0 Å². The molecule has 0 aliphatic rings. The lowest BCUT2D eigenvalue weighted by Crippen LogP contribution is -2.00. The molecule has 0 radical (unpaired) electrons. The summed E-state index contributed by atoms with van der Waals surface area (Å²) in [4.78, 5) is 14.0. The summed E-state index contributed by atoms with van der Waals surface area (Å²) >= 11 is 0. The molecule has 0 amide bonds. The molecule has 2 aromatic rings. The van der Waals surface area contributed by atoms with Crippen LogP contribution in [0.4, 0.5) is 0 Å². The van der Waals surface area contributed by atoms with E-state index in [9.17, 15) is 4.79 Å². The van der Waals surface area contributed by atoms with Crippen LogP contribution in [0.25, 0.3) is 11.3 Å². The number of rotatable bonds is 2. The van der Waals surface area contributed by atoms with E-state index in [1.807, 2.05) is 6.07 Å². The monoisotopic (exact) mass is 191 g/mol. The highest BCUT2D eigenvalue weighted by Crippen LogP contribution is 2.16. The number of hydrogen-bond acceptors (Lipinski definition) is 3. The molecule has 14 heavy (non-hydrogen) atoms. The van der Waals surface area contributed by atoms with Crippen molar-refractivity contribution in [2.24, 2.45) is 0 Å². The summed E-state index contributed by atoms with van der Waals surface area (Å²) in [7, 11) is 1.33. The Morgan fingerprint density at radius 3 is 3.07 bits per heavy atom. The third-order valence-electron chi connectivity index (χ3n) is 1.88. The fourth-order valence-electron chi connectivity index (χ4n) is 1.17. The maximum Gasteiger partial charge on any atom is 0.356 e. The summed E-state index contributed by atoms with van der Waals surface area (Å²) in [5.74, 6) is -0.417. The van der Waals surface area contributed by atoms with Gasteiger partial charge in [-0.25, -0.2) is 4.79 Å². The number of esters is 1. The van der Waals surface area contributed by atoms with Crippen molar-refractivity contribution >= 4 is 5.97 Å². The van der Waals surface area contributed by atoms with Crippen LogP contribution in [0, 0.1) is 0 Å². The first-order valence-corrected chi connectivity index (χ1v) is 4.08. The lowest BCUT2D eigenvalue weighted by atomic mass is 10.2. The van der Waals surface area contributed by atoms with E-state index in [0.29, 0.717) is 11.4 Å². The van der Waals surface area contributed by atoms with Gasteiger partial charge < -0.3 is 9.72 Å². The van der Waals surface area contributed by atoms with E-state index in [4.69, 9.17) is 0 Å². The van der Waals surface area contributed by atoms with Gasteiger partial charge >= 0.3 is 5.97 Å². The summed E-state index contributed by atoms with van der Waals surface area (Å²) in [6.45, 7) is 0. The Morgan fingerprint density at radius 1 is 1.57 bits per heavy atom. The second-order valence-corrected chi connectivity index (χ2v) is 2.76. The molecular weight excluding hydrogens is 182 g/mol. The first kappa shape index (κ1) is 8.55. The Hall–Kier alpha value is -2.04. The van der Waals surface area contributed by atoms with Crippen molar-refractivity contribution in [3.8, 4) is 11.3 Å². The van der Waals surface area contributed by atoms with E-state index < -0.39 is 5.97 Å². The molecule has 0 unspecified atom stereocenters. The Kier molecular flexibility index (Phi) is 2.06. The summed E-state index contributed by atoms with van der Waals surface area (Å²) < 4.78 is 4.55. The smallest absolute Gasteiger partial charge is 0.356 e. The normalized spacial score (nSPS) is 10.1. The molecule has 5 nitrogen and oxygen atoms in total. The van der Waals surface area contributed by atoms with E-state index in [-0.39, 0.29) is 0 Å². The average Bonchev–Trinajstić information content (AvgIpc) is 2.86. The summed E-state index contributed by atoms with van der Waals surface area (Å²) in [5, 5.41) is 6.59. The van der Waals surface area contributed by atoms with Crippen molar-refractivity contribution < 1.29 is 9.53 Å². The van der Waals surface area contributed by atoms with Crippen molar-refractivity contribution in [2.45, 2.75) is 0 Å². The van der Waals surface area contributed by atoms with Gasteiger partial charge in [-0.15, -0.1) is 0 Å².